The summed E-state index contributed by atoms with van der Waals surface area (Å²) in [6, 6.07) is 10.0. The van der Waals surface area contributed by atoms with E-state index < -0.39 is 5.97 Å². The van der Waals surface area contributed by atoms with Crippen molar-refractivity contribution < 1.29 is 14.7 Å². The van der Waals surface area contributed by atoms with Crippen LogP contribution in [0.5, 0.6) is 0 Å². The van der Waals surface area contributed by atoms with Gasteiger partial charge >= 0.3 is 5.97 Å². The number of rotatable bonds is 6. The minimum absolute atomic E-state index is 0.211. The zero-order valence-electron chi connectivity index (χ0n) is 15.9. The lowest BCUT2D eigenvalue weighted by atomic mass is 9.88. The van der Waals surface area contributed by atoms with Crippen LogP contribution in [0.15, 0.2) is 35.5 Å². The minimum Gasteiger partial charge on any atom is -0.481 e. The van der Waals surface area contributed by atoms with Crippen LogP contribution in [0, 0.1) is 5.92 Å². The second-order valence-electron chi connectivity index (χ2n) is 7.34. The highest BCUT2D eigenvalue weighted by molar-refractivity contribution is 5.86. The van der Waals surface area contributed by atoms with Gasteiger partial charge in [0.05, 0.1) is 5.71 Å². The van der Waals surface area contributed by atoms with Crippen LogP contribution in [0.4, 0.5) is 0 Å². The number of benzene rings is 1. The first-order chi connectivity index (χ1) is 12.8. The van der Waals surface area contributed by atoms with Crippen molar-refractivity contribution in [2.45, 2.75) is 83.7 Å². The van der Waals surface area contributed by atoms with E-state index >= 15 is 0 Å². The molecule has 0 aliphatic heterocycles. The first-order valence-corrected chi connectivity index (χ1v) is 10.2. The summed E-state index contributed by atoms with van der Waals surface area (Å²) in [5.74, 6) is -0.484. The highest BCUT2D eigenvalue weighted by Gasteiger charge is 2.18. The third-order valence-electron chi connectivity index (χ3n) is 5.17. The Morgan fingerprint density at radius 1 is 1.00 bits per heavy atom. The Morgan fingerprint density at radius 3 is 2.35 bits per heavy atom. The molecule has 0 radical (unpaired) electrons. The zero-order chi connectivity index (χ0) is 18.5. The summed E-state index contributed by atoms with van der Waals surface area (Å²) in [5, 5.41) is 13.6. The second kappa shape index (κ2) is 12.5. The molecule has 2 rings (SSSR count). The van der Waals surface area contributed by atoms with E-state index in [1.165, 1.54) is 38.5 Å². The minimum atomic E-state index is -0.722. The van der Waals surface area contributed by atoms with Gasteiger partial charge in [0.25, 0.3) is 0 Å². The van der Waals surface area contributed by atoms with Crippen LogP contribution in [0.3, 0.4) is 0 Å². The standard InChI is InChI=1S/C22H33NO3/c24-22(25)17-16-20-14-10-5-3-1-2-4-6-11-15-21(20)23-26-18-19-12-8-7-9-13-19/h7-9,12-13,20H,1-6,10-11,14-18H2,(H,24,25)/b23-21+. The van der Waals surface area contributed by atoms with Crippen LogP contribution >= 0.6 is 0 Å². The second-order valence-corrected chi connectivity index (χ2v) is 7.34. The van der Waals surface area contributed by atoms with Gasteiger partial charge in [-0.3, -0.25) is 4.79 Å². The fraction of sp³-hybridized carbons (Fsp3) is 0.636. The molecular formula is C22H33NO3. The van der Waals surface area contributed by atoms with Gasteiger partial charge in [-0.05, 0) is 31.2 Å². The fourth-order valence-electron chi connectivity index (χ4n) is 3.62. The smallest absolute Gasteiger partial charge is 0.303 e. The molecule has 0 heterocycles. The molecule has 1 aromatic rings. The van der Waals surface area contributed by atoms with Gasteiger partial charge in [-0.15, -0.1) is 0 Å². The maximum Gasteiger partial charge on any atom is 0.303 e. The molecule has 26 heavy (non-hydrogen) atoms. The number of hydrogen-bond donors (Lipinski definition) is 1. The molecule has 1 unspecified atom stereocenters. The molecule has 1 fully saturated rings. The van der Waals surface area contributed by atoms with Gasteiger partial charge in [0, 0.05) is 12.3 Å². The molecule has 0 bridgehead atoms. The first kappa shape index (κ1) is 20.5. The van der Waals surface area contributed by atoms with Crippen LogP contribution < -0.4 is 0 Å². The highest BCUT2D eigenvalue weighted by Crippen LogP contribution is 2.23. The molecule has 1 atom stereocenters. The van der Waals surface area contributed by atoms with E-state index in [0.717, 1.165) is 37.0 Å². The lowest BCUT2D eigenvalue weighted by molar-refractivity contribution is -0.137. The molecule has 1 aliphatic rings. The summed E-state index contributed by atoms with van der Waals surface area (Å²) in [4.78, 5) is 16.7. The third kappa shape index (κ3) is 8.50. The maximum absolute atomic E-state index is 11.1. The number of carboxylic acid groups (broad SMARTS) is 1. The lowest BCUT2D eigenvalue weighted by Gasteiger charge is -2.19. The molecule has 1 aromatic carbocycles. The molecule has 4 heteroatoms. The number of carboxylic acids is 1. The number of hydrogen-bond acceptors (Lipinski definition) is 3. The quantitative estimate of drug-likeness (QED) is 0.638. The molecule has 4 nitrogen and oxygen atoms in total. The van der Waals surface area contributed by atoms with Gasteiger partial charge in [0.2, 0.25) is 0 Å². The van der Waals surface area contributed by atoms with Gasteiger partial charge in [0.1, 0.15) is 6.61 Å². The van der Waals surface area contributed by atoms with Crippen molar-refractivity contribution in [1.29, 1.82) is 0 Å². The number of carbonyl (C=O) groups is 1. The van der Waals surface area contributed by atoms with Gasteiger partial charge in [0.15, 0.2) is 0 Å². The Morgan fingerprint density at radius 2 is 1.65 bits per heavy atom. The molecule has 0 aromatic heterocycles. The van der Waals surface area contributed by atoms with E-state index in [1.54, 1.807) is 0 Å². The zero-order valence-corrected chi connectivity index (χ0v) is 15.9. The Balaban J connectivity index is 2.00. The van der Waals surface area contributed by atoms with Crippen molar-refractivity contribution in [2.24, 2.45) is 11.1 Å². The Kier molecular flexibility index (Phi) is 9.84. The highest BCUT2D eigenvalue weighted by atomic mass is 16.6. The van der Waals surface area contributed by atoms with E-state index in [-0.39, 0.29) is 12.3 Å². The topological polar surface area (TPSA) is 58.9 Å². The lowest BCUT2D eigenvalue weighted by Crippen LogP contribution is -2.17. The van der Waals surface area contributed by atoms with E-state index in [4.69, 9.17) is 9.94 Å². The predicted octanol–water partition coefficient (Wildman–Crippen LogP) is 5.95. The third-order valence-corrected chi connectivity index (χ3v) is 5.17. The van der Waals surface area contributed by atoms with Crippen molar-refractivity contribution in [2.75, 3.05) is 0 Å². The number of nitrogens with zero attached hydrogens (tertiary/aromatic N) is 1. The summed E-state index contributed by atoms with van der Waals surface area (Å²) in [6.07, 6.45) is 12.8. The van der Waals surface area contributed by atoms with Gasteiger partial charge < -0.3 is 9.94 Å². The number of aliphatic carboxylic acids is 1. The first-order valence-electron chi connectivity index (χ1n) is 10.2. The SMILES string of the molecule is O=C(O)CCC1CCCCCCCCCC/C1=N\OCc1ccccc1. The van der Waals surface area contributed by atoms with Crippen molar-refractivity contribution in [3.8, 4) is 0 Å². The average molecular weight is 360 g/mol. The van der Waals surface area contributed by atoms with Crippen molar-refractivity contribution in [3.05, 3.63) is 35.9 Å². The molecule has 144 valence electrons. The average Bonchev–Trinajstić information content (AvgIpc) is 2.63. The van der Waals surface area contributed by atoms with Crippen LogP contribution in [-0.4, -0.2) is 16.8 Å². The van der Waals surface area contributed by atoms with Crippen LogP contribution in [0.25, 0.3) is 0 Å². The maximum atomic E-state index is 11.1. The summed E-state index contributed by atoms with van der Waals surface area (Å²) < 4.78 is 0. The monoisotopic (exact) mass is 359 g/mol. The van der Waals surface area contributed by atoms with Crippen molar-refractivity contribution in [3.63, 3.8) is 0 Å². The predicted molar refractivity (Wildman–Crippen MR) is 105 cm³/mol. The Bertz CT molecular complexity index is 542. The Labute approximate surface area is 157 Å². The molecule has 0 saturated heterocycles. The number of oxime groups is 1. The normalized spacial score (nSPS) is 21.5. The van der Waals surface area contributed by atoms with E-state index in [9.17, 15) is 4.79 Å². The van der Waals surface area contributed by atoms with E-state index in [0.29, 0.717) is 13.0 Å². The van der Waals surface area contributed by atoms with Gasteiger partial charge in [-0.2, -0.15) is 0 Å². The molecular weight excluding hydrogens is 326 g/mol. The molecule has 1 saturated carbocycles. The Hall–Kier alpha value is -1.84. The van der Waals surface area contributed by atoms with Crippen LogP contribution in [0.1, 0.15) is 82.6 Å². The summed E-state index contributed by atoms with van der Waals surface area (Å²) in [7, 11) is 0. The van der Waals surface area contributed by atoms with Gasteiger partial charge in [-0.1, -0.05) is 80.4 Å². The molecule has 0 amide bonds. The molecule has 1 N–H and O–H groups in total. The largest absolute Gasteiger partial charge is 0.481 e. The van der Waals surface area contributed by atoms with Gasteiger partial charge in [-0.25, -0.2) is 0 Å². The van der Waals surface area contributed by atoms with Crippen LogP contribution in [-0.2, 0) is 16.2 Å². The molecule has 1 aliphatic carbocycles. The summed E-state index contributed by atoms with van der Waals surface area (Å²) in [6.45, 7) is 0.468. The van der Waals surface area contributed by atoms with E-state index in [2.05, 4.69) is 5.16 Å². The molecule has 0 spiro atoms. The van der Waals surface area contributed by atoms with Crippen molar-refractivity contribution >= 4 is 11.7 Å². The van der Waals surface area contributed by atoms with Crippen LogP contribution in [0.2, 0.25) is 0 Å². The fourth-order valence-corrected chi connectivity index (χ4v) is 3.62. The van der Waals surface area contributed by atoms with Crippen molar-refractivity contribution in [1.82, 2.24) is 0 Å². The summed E-state index contributed by atoms with van der Waals surface area (Å²) >= 11 is 0. The summed E-state index contributed by atoms with van der Waals surface area (Å²) in [5.41, 5.74) is 2.18. The van der Waals surface area contributed by atoms with E-state index in [1.807, 2.05) is 30.3 Å².